The van der Waals surface area contributed by atoms with E-state index in [1.54, 1.807) is 0 Å². The second-order valence-electron chi connectivity index (χ2n) is 9.48. The SMILES string of the molecule is CC(/C=C(/C)[N-]Cc1ccccc1)=NCc1ccccc1.C[Si](C)(C)[N-][Si](C)(C)C.[Zn+2]. The van der Waals surface area contributed by atoms with Gasteiger partial charge in [-0.25, -0.2) is 0 Å². The van der Waals surface area contributed by atoms with Gasteiger partial charge in [-0.05, 0) is 12.5 Å². The van der Waals surface area contributed by atoms with Crippen LogP contribution in [0.1, 0.15) is 25.0 Å². The van der Waals surface area contributed by atoms with Crippen LogP contribution < -0.4 is 0 Å². The number of benzene rings is 2. The van der Waals surface area contributed by atoms with Crippen molar-refractivity contribution in [1.29, 1.82) is 0 Å². The minimum atomic E-state index is -1.11. The van der Waals surface area contributed by atoms with Gasteiger partial charge >= 0.3 is 19.5 Å². The van der Waals surface area contributed by atoms with Crippen LogP contribution in [0.25, 0.3) is 9.96 Å². The maximum Gasteiger partial charge on any atom is 2.00 e. The Kier molecular flexibility index (Phi) is 14.0. The van der Waals surface area contributed by atoms with E-state index in [1.807, 2.05) is 56.3 Å². The van der Waals surface area contributed by atoms with Crippen LogP contribution in [0.2, 0.25) is 39.3 Å². The molecule has 0 heterocycles. The number of rotatable bonds is 8. The van der Waals surface area contributed by atoms with Crippen molar-refractivity contribution in [3.8, 4) is 0 Å². The fourth-order valence-electron chi connectivity index (χ4n) is 3.00. The number of hydrogen-bond acceptors (Lipinski definition) is 1. The maximum absolute atomic E-state index is 4.82. The Bertz CT molecular complexity index is 781. The summed E-state index contributed by atoms with van der Waals surface area (Å²) in [5.74, 6) is 0. The van der Waals surface area contributed by atoms with Crippen molar-refractivity contribution in [3.63, 3.8) is 0 Å². The molecule has 0 saturated heterocycles. The van der Waals surface area contributed by atoms with E-state index in [1.165, 1.54) is 11.1 Å². The van der Waals surface area contributed by atoms with Crippen molar-refractivity contribution >= 4 is 22.2 Å². The summed E-state index contributed by atoms with van der Waals surface area (Å²) in [5.41, 5.74) is 4.47. The van der Waals surface area contributed by atoms with E-state index >= 15 is 0 Å². The second-order valence-corrected chi connectivity index (χ2v) is 19.1. The Hall–Kier alpha value is -1.33. The van der Waals surface area contributed by atoms with Gasteiger partial charge in [0, 0.05) is 5.71 Å². The molecule has 0 aromatic heterocycles. The quantitative estimate of drug-likeness (QED) is 0.258. The average molecular weight is 503 g/mol. The Morgan fingerprint density at radius 1 is 0.774 bits per heavy atom. The standard InChI is InChI=1S/C19H21N2.C6H18NSi2.Zn/c1-16(20-14-18-9-5-3-6-10-18)13-17(2)21-15-19-11-7-4-8-12-19;1-8(2,3)7-9(4,5)6;/h3-13H,14-15H2,1-2H3;1-6H3;/q2*-1;+2/b16-13-,21-17?;;. The van der Waals surface area contributed by atoms with Crippen LogP contribution in [0.5, 0.6) is 0 Å². The number of nitrogens with zero attached hydrogens (tertiary/aromatic N) is 3. The van der Waals surface area contributed by atoms with Crippen LogP contribution in [-0.4, -0.2) is 22.2 Å². The van der Waals surface area contributed by atoms with Gasteiger partial charge in [0.25, 0.3) is 0 Å². The Balaban J connectivity index is 0.000000769. The molecule has 0 unspecified atom stereocenters. The summed E-state index contributed by atoms with van der Waals surface area (Å²) in [4.78, 5) is 4.57. The number of aliphatic imine (C=N–C) groups is 1. The summed E-state index contributed by atoms with van der Waals surface area (Å²) in [7, 11) is -2.21. The summed E-state index contributed by atoms with van der Waals surface area (Å²) in [6.45, 7) is 19.3. The Labute approximate surface area is 205 Å². The van der Waals surface area contributed by atoms with E-state index in [4.69, 9.17) is 4.65 Å². The molecule has 0 saturated carbocycles. The summed E-state index contributed by atoms with van der Waals surface area (Å²) >= 11 is 0. The largest absolute Gasteiger partial charge is 2.00 e. The zero-order chi connectivity index (χ0) is 22.6. The molecule has 0 aliphatic heterocycles. The van der Waals surface area contributed by atoms with Gasteiger partial charge in [-0.3, -0.25) is 4.99 Å². The molecule has 0 N–H and O–H groups in total. The molecule has 2 rings (SSSR count). The normalized spacial score (nSPS) is 12.4. The van der Waals surface area contributed by atoms with Gasteiger partial charge in [-0.1, -0.05) is 135 Å². The van der Waals surface area contributed by atoms with Gasteiger partial charge in [0.1, 0.15) is 0 Å². The van der Waals surface area contributed by atoms with Gasteiger partial charge in [0.05, 0.1) is 6.54 Å². The molecule has 2 aromatic rings. The van der Waals surface area contributed by atoms with Crippen LogP contribution in [0.4, 0.5) is 0 Å². The Morgan fingerprint density at radius 3 is 1.65 bits per heavy atom. The van der Waals surface area contributed by atoms with Gasteiger partial charge in [0.15, 0.2) is 0 Å². The minimum Gasteiger partial charge on any atom is -0.684 e. The summed E-state index contributed by atoms with van der Waals surface area (Å²) in [6.07, 6.45) is 2.03. The molecule has 0 aliphatic rings. The van der Waals surface area contributed by atoms with Gasteiger partial charge < -0.3 is 9.96 Å². The molecular formula is C25H39N3Si2Zn. The fourth-order valence-corrected chi connectivity index (χ4v) is 11.0. The van der Waals surface area contributed by atoms with E-state index in [-0.39, 0.29) is 19.5 Å². The minimum absolute atomic E-state index is 0. The molecule has 0 amide bonds. The third-order valence-electron chi connectivity index (χ3n) is 3.80. The van der Waals surface area contributed by atoms with Crippen LogP contribution in [0.15, 0.2) is 77.4 Å². The predicted molar refractivity (Wildman–Crippen MR) is 141 cm³/mol. The molecule has 2 aromatic carbocycles. The van der Waals surface area contributed by atoms with E-state index < -0.39 is 16.5 Å². The molecule has 31 heavy (non-hydrogen) atoms. The zero-order valence-corrected chi connectivity index (χ0v) is 25.8. The van der Waals surface area contributed by atoms with Crippen molar-refractivity contribution in [2.24, 2.45) is 4.99 Å². The van der Waals surface area contributed by atoms with Crippen molar-refractivity contribution in [2.45, 2.75) is 66.2 Å². The van der Waals surface area contributed by atoms with Crippen molar-refractivity contribution < 1.29 is 19.5 Å². The Morgan fingerprint density at radius 2 is 1.23 bits per heavy atom. The predicted octanol–water partition coefficient (Wildman–Crippen LogP) is 8.15. The topological polar surface area (TPSA) is 40.6 Å². The van der Waals surface area contributed by atoms with Gasteiger partial charge in [0.2, 0.25) is 0 Å². The third kappa shape index (κ3) is 17.0. The first-order valence-corrected chi connectivity index (χ1v) is 17.5. The molecule has 164 valence electrons. The van der Waals surface area contributed by atoms with Gasteiger partial charge in [-0.15, -0.1) is 6.54 Å². The van der Waals surface area contributed by atoms with Crippen LogP contribution >= 0.6 is 0 Å². The molecule has 0 atom stereocenters. The first-order valence-electron chi connectivity index (χ1n) is 10.6. The van der Waals surface area contributed by atoms with E-state index in [2.05, 4.69) is 73.9 Å². The molecule has 0 spiro atoms. The van der Waals surface area contributed by atoms with Crippen LogP contribution in [0, 0.1) is 0 Å². The molecule has 0 fully saturated rings. The van der Waals surface area contributed by atoms with E-state index in [0.717, 1.165) is 24.5 Å². The fraction of sp³-hybridized carbons (Fsp3) is 0.400. The van der Waals surface area contributed by atoms with Crippen molar-refractivity contribution in [1.82, 2.24) is 0 Å². The number of hydrogen-bond donors (Lipinski definition) is 0. The first kappa shape index (κ1) is 29.7. The van der Waals surface area contributed by atoms with Crippen LogP contribution in [0.3, 0.4) is 0 Å². The zero-order valence-electron chi connectivity index (χ0n) is 20.8. The second kappa shape index (κ2) is 14.7. The van der Waals surface area contributed by atoms with E-state index in [0.29, 0.717) is 0 Å². The maximum atomic E-state index is 4.82. The first-order chi connectivity index (χ1) is 13.9. The summed E-state index contributed by atoms with van der Waals surface area (Å²) in [5, 5.41) is 4.57. The van der Waals surface area contributed by atoms with Crippen molar-refractivity contribution in [3.05, 3.63) is 93.5 Å². The molecular weight excluding hydrogens is 464 g/mol. The summed E-state index contributed by atoms with van der Waals surface area (Å²) < 4.78 is 4.82. The van der Waals surface area contributed by atoms with Gasteiger partial charge in [-0.2, -0.15) is 5.70 Å². The van der Waals surface area contributed by atoms with E-state index in [9.17, 15) is 0 Å². The molecule has 0 radical (unpaired) electrons. The average Bonchev–Trinajstić information content (AvgIpc) is 2.64. The molecule has 3 nitrogen and oxygen atoms in total. The molecule has 6 heteroatoms. The smallest absolute Gasteiger partial charge is 0.684 e. The van der Waals surface area contributed by atoms with Crippen LogP contribution in [-0.2, 0) is 32.6 Å². The monoisotopic (exact) mass is 501 g/mol. The molecule has 0 aliphatic carbocycles. The van der Waals surface area contributed by atoms with Crippen molar-refractivity contribution in [2.75, 3.05) is 0 Å². The third-order valence-corrected chi connectivity index (χ3v) is 9.16. The molecule has 0 bridgehead atoms. The summed E-state index contributed by atoms with van der Waals surface area (Å²) in [6, 6.07) is 20.6. The number of allylic oxidation sites excluding steroid dienone is 2.